The van der Waals surface area contributed by atoms with Gasteiger partial charge in [0, 0.05) is 36.9 Å². The summed E-state index contributed by atoms with van der Waals surface area (Å²) in [6.07, 6.45) is 1.55. The fourth-order valence-electron chi connectivity index (χ4n) is 4.68. The number of nitrogens with zero attached hydrogens (tertiary/aromatic N) is 2. The molecule has 1 atom stereocenters. The van der Waals surface area contributed by atoms with Gasteiger partial charge in [-0.05, 0) is 48.2 Å². The first kappa shape index (κ1) is 28.2. The highest BCUT2D eigenvalue weighted by Gasteiger charge is 2.35. The van der Waals surface area contributed by atoms with Crippen LogP contribution in [0.15, 0.2) is 83.3 Å². The number of hydrogen-bond donors (Lipinski definition) is 1. The van der Waals surface area contributed by atoms with E-state index in [-0.39, 0.29) is 43.1 Å². The van der Waals surface area contributed by atoms with Crippen molar-refractivity contribution in [3.63, 3.8) is 0 Å². The number of imide groups is 1. The lowest BCUT2D eigenvalue weighted by Gasteiger charge is -2.32. The molecule has 0 radical (unpaired) electrons. The molecule has 202 valence electrons. The third-order valence-electron chi connectivity index (χ3n) is 6.74. The smallest absolute Gasteiger partial charge is 0.261 e. The van der Waals surface area contributed by atoms with Crippen molar-refractivity contribution in [2.24, 2.45) is 0 Å². The lowest BCUT2D eigenvalue weighted by Crippen LogP contribution is -2.50. The van der Waals surface area contributed by atoms with Gasteiger partial charge in [0.15, 0.2) is 0 Å². The van der Waals surface area contributed by atoms with E-state index >= 15 is 0 Å². The molecule has 1 heterocycles. The standard InChI is InChI=1S/C31H32BrN3O4/c1-2-18-33-29(37)27(20-22-9-4-3-5-10-22)35(21-23-14-16-24(32)17-15-23)28(36)13-8-19-34-30(38)25-11-6-7-12-26(25)31(34)39/h3-7,9-12,14-17,27H,2,8,13,18-21H2,1H3,(H,33,37)/t27-/m1/s1. The monoisotopic (exact) mass is 589 g/mol. The van der Waals surface area contributed by atoms with E-state index in [4.69, 9.17) is 0 Å². The molecule has 0 bridgehead atoms. The quantitative estimate of drug-likeness (QED) is 0.301. The van der Waals surface area contributed by atoms with Gasteiger partial charge in [-0.2, -0.15) is 0 Å². The van der Waals surface area contributed by atoms with Gasteiger partial charge >= 0.3 is 0 Å². The molecular weight excluding hydrogens is 558 g/mol. The van der Waals surface area contributed by atoms with Gasteiger partial charge in [0.1, 0.15) is 6.04 Å². The summed E-state index contributed by atoms with van der Waals surface area (Å²) in [5, 5.41) is 2.97. The molecule has 8 heteroatoms. The van der Waals surface area contributed by atoms with Crippen LogP contribution in [0.3, 0.4) is 0 Å². The van der Waals surface area contributed by atoms with Crippen LogP contribution in [-0.2, 0) is 22.6 Å². The third kappa shape index (κ3) is 7.00. The van der Waals surface area contributed by atoms with Crippen LogP contribution in [0.2, 0.25) is 0 Å². The number of carbonyl (C=O) groups is 4. The summed E-state index contributed by atoms with van der Waals surface area (Å²) >= 11 is 3.45. The molecule has 7 nitrogen and oxygen atoms in total. The minimum absolute atomic E-state index is 0.0935. The van der Waals surface area contributed by atoms with E-state index in [2.05, 4.69) is 21.2 Å². The zero-order valence-electron chi connectivity index (χ0n) is 21.9. The van der Waals surface area contributed by atoms with Gasteiger partial charge in [0.25, 0.3) is 11.8 Å². The molecule has 0 spiro atoms. The summed E-state index contributed by atoms with van der Waals surface area (Å²) in [7, 11) is 0. The van der Waals surface area contributed by atoms with Gasteiger partial charge in [-0.25, -0.2) is 0 Å². The first-order valence-electron chi connectivity index (χ1n) is 13.2. The molecule has 0 unspecified atom stereocenters. The highest BCUT2D eigenvalue weighted by molar-refractivity contribution is 9.10. The largest absolute Gasteiger partial charge is 0.354 e. The average molecular weight is 591 g/mol. The SMILES string of the molecule is CCCNC(=O)[C@@H](Cc1ccccc1)N(Cc1ccc(Br)cc1)C(=O)CCCN1C(=O)c2ccccc2C1=O. The number of rotatable bonds is 12. The predicted octanol–water partition coefficient (Wildman–Crippen LogP) is 4.99. The van der Waals surface area contributed by atoms with Crippen LogP contribution in [-0.4, -0.2) is 52.6 Å². The van der Waals surface area contributed by atoms with E-state index in [0.29, 0.717) is 30.5 Å². The molecule has 0 aromatic heterocycles. The Bertz CT molecular complexity index is 1290. The van der Waals surface area contributed by atoms with Gasteiger partial charge in [-0.15, -0.1) is 0 Å². The fourth-order valence-corrected chi connectivity index (χ4v) is 4.95. The lowest BCUT2D eigenvalue weighted by molar-refractivity contribution is -0.141. The Labute approximate surface area is 237 Å². The van der Waals surface area contributed by atoms with Gasteiger partial charge in [-0.1, -0.05) is 77.5 Å². The van der Waals surface area contributed by atoms with Crippen LogP contribution in [0.4, 0.5) is 0 Å². The van der Waals surface area contributed by atoms with Crippen LogP contribution in [0, 0.1) is 0 Å². The Balaban J connectivity index is 1.53. The molecule has 3 aromatic carbocycles. The second kappa shape index (κ2) is 13.3. The molecule has 1 aliphatic heterocycles. The number of nitrogens with one attached hydrogen (secondary N) is 1. The molecular formula is C31H32BrN3O4. The number of hydrogen-bond acceptors (Lipinski definition) is 4. The summed E-state index contributed by atoms with van der Waals surface area (Å²) in [6.45, 7) is 2.90. The first-order valence-corrected chi connectivity index (χ1v) is 14.0. The highest BCUT2D eigenvalue weighted by atomic mass is 79.9. The minimum atomic E-state index is -0.714. The van der Waals surface area contributed by atoms with Gasteiger partial charge in [0.05, 0.1) is 11.1 Å². The minimum Gasteiger partial charge on any atom is -0.354 e. The summed E-state index contributed by atoms with van der Waals surface area (Å²) in [4.78, 5) is 55.4. The molecule has 0 aliphatic carbocycles. The molecule has 4 rings (SSSR count). The zero-order valence-corrected chi connectivity index (χ0v) is 23.5. The van der Waals surface area contributed by atoms with Crippen molar-refractivity contribution >= 4 is 39.6 Å². The van der Waals surface area contributed by atoms with Crippen LogP contribution in [0.25, 0.3) is 0 Å². The van der Waals surface area contributed by atoms with E-state index < -0.39 is 6.04 Å². The van der Waals surface area contributed by atoms with Crippen molar-refractivity contribution in [1.29, 1.82) is 0 Å². The molecule has 0 saturated heterocycles. The van der Waals surface area contributed by atoms with E-state index in [1.54, 1.807) is 29.2 Å². The molecule has 3 aromatic rings. The molecule has 1 N–H and O–H groups in total. The van der Waals surface area contributed by atoms with Crippen LogP contribution in [0.1, 0.15) is 58.0 Å². The van der Waals surface area contributed by atoms with E-state index in [9.17, 15) is 19.2 Å². The molecule has 1 aliphatic rings. The summed E-state index contributed by atoms with van der Waals surface area (Å²) in [5.41, 5.74) is 2.63. The number of halogens is 1. The van der Waals surface area contributed by atoms with Crippen LogP contribution in [0.5, 0.6) is 0 Å². The predicted molar refractivity (Wildman–Crippen MR) is 153 cm³/mol. The Hall–Kier alpha value is -3.78. The Morgan fingerprint density at radius 2 is 1.49 bits per heavy atom. The van der Waals surface area contributed by atoms with E-state index in [0.717, 1.165) is 22.0 Å². The number of carbonyl (C=O) groups excluding carboxylic acids is 4. The van der Waals surface area contributed by atoms with Crippen molar-refractivity contribution in [2.45, 2.75) is 45.2 Å². The summed E-state index contributed by atoms with van der Waals surface area (Å²) in [6, 6.07) is 23.3. The first-order chi connectivity index (χ1) is 18.9. The Morgan fingerprint density at radius 3 is 2.10 bits per heavy atom. The van der Waals surface area contributed by atoms with E-state index in [1.807, 2.05) is 61.5 Å². The van der Waals surface area contributed by atoms with Crippen molar-refractivity contribution < 1.29 is 19.2 Å². The molecule has 0 saturated carbocycles. The third-order valence-corrected chi connectivity index (χ3v) is 7.27. The van der Waals surface area contributed by atoms with Gasteiger partial charge < -0.3 is 10.2 Å². The van der Waals surface area contributed by atoms with Crippen molar-refractivity contribution in [2.75, 3.05) is 13.1 Å². The lowest BCUT2D eigenvalue weighted by atomic mass is 10.0. The summed E-state index contributed by atoms with van der Waals surface area (Å²) in [5.74, 6) is -1.08. The molecule has 4 amide bonds. The highest BCUT2D eigenvalue weighted by Crippen LogP contribution is 2.23. The molecule has 39 heavy (non-hydrogen) atoms. The zero-order chi connectivity index (χ0) is 27.8. The van der Waals surface area contributed by atoms with Crippen LogP contribution >= 0.6 is 15.9 Å². The topological polar surface area (TPSA) is 86.8 Å². The fraction of sp³-hybridized carbons (Fsp3) is 0.290. The van der Waals surface area contributed by atoms with E-state index in [1.165, 1.54) is 4.90 Å². The second-order valence-electron chi connectivity index (χ2n) is 9.56. The van der Waals surface area contributed by atoms with Crippen LogP contribution < -0.4 is 5.32 Å². The maximum absolute atomic E-state index is 13.7. The average Bonchev–Trinajstić information content (AvgIpc) is 3.20. The molecule has 0 fully saturated rings. The summed E-state index contributed by atoms with van der Waals surface area (Å²) < 4.78 is 0.923. The van der Waals surface area contributed by atoms with Gasteiger partial charge in [0.2, 0.25) is 11.8 Å². The van der Waals surface area contributed by atoms with Crippen molar-refractivity contribution in [1.82, 2.24) is 15.1 Å². The number of fused-ring (bicyclic) bond motifs is 1. The maximum atomic E-state index is 13.7. The Morgan fingerprint density at radius 1 is 0.872 bits per heavy atom. The van der Waals surface area contributed by atoms with Crippen molar-refractivity contribution in [3.05, 3.63) is 106 Å². The maximum Gasteiger partial charge on any atom is 0.261 e. The Kier molecular flexibility index (Phi) is 9.65. The number of benzene rings is 3. The van der Waals surface area contributed by atoms with Crippen molar-refractivity contribution in [3.8, 4) is 0 Å². The second-order valence-corrected chi connectivity index (χ2v) is 10.5. The number of amides is 4. The normalized spacial score (nSPS) is 13.2. The van der Waals surface area contributed by atoms with Gasteiger partial charge in [-0.3, -0.25) is 24.1 Å².